The molecule has 0 spiro atoms. The van der Waals surface area contributed by atoms with Crippen molar-refractivity contribution in [2.24, 2.45) is 10.9 Å². The molecule has 0 atom stereocenters. The van der Waals surface area contributed by atoms with E-state index in [1.165, 1.54) is 6.07 Å². The molecule has 9 heteroatoms. The van der Waals surface area contributed by atoms with Gasteiger partial charge in [0.25, 0.3) is 0 Å². The summed E-state index contributed by atoms with van der Waals surface area (Å²) >= 11 is 0. The van der Waals surface area contributed by atoms with E-state index in [-0.39, 0.29) is 29.8 Å². The second kappa shape index (κ2) is 12.5. The normalized spacial score (nSPS) is 15.8. The molecule has 1 aliphatic rings. The summed E-state index contributed by atoms with van der Waals surface area (Å²) in [6.07, 6.45) is 1.59. The standard InChI is InChI=1S/C23H31FN4O2S.HI/c1-3-25-23(27-17-20-10-9-18(2)22(24)15-20)26-16-19-11-13-28(14-12-19)31(29,30)21-7-5-4-6-8-21;/h4-10,15,19H,3,11-14,16-17H2,1-2H3,(H2,25,26,27);1H. The van der Waals surface area contributed by atoms with E-state index in [1.807, 2.05) is 19.1 Å². The van der Waals surface area contributed by atoms with Crippen molar-refractivity contribution in [1.29, 1.82) is 0 Å². The fraction of sp³-hybridized carbons (Fsp3) is 0.435. The Bertz CT molecular complexity index is 994. The lowest BCUT2D eigenvalue weighted by atomic mass is 9.98. The average molecular weight is 575 g/mol. The summed E-state index contributed by atoms with van der Waals surface area (Å²) in [4.78, 5) is 4.90. The number of aliphatic imine (C=N–C) groups is 1. The van der Waals surface area contributed by atoms with Crippen LogP contribution < -0.4 is 10.6 Å². The molecule has 0 radical (unpaired) electrons. The lowest BCUT2D eigenvalue weighted by molar-refractivity contribution is 0.273. The molecule has 0 aliphatic carbocycles. The molecule has 1 aliphatic heterocycles. The van der Waals surface area contributed by atoms with E-state index in [0.29, 0.717) is 48.5 Å². The molecule has 1 fully saturated rings. The van der Waals surface area contributed by atoms with Crippen LogP contribution in [0.4, 0.5) is 4.39 Å². The van der Waals surface area contributed by atoms with Gasteiger partial charge in [0.15, 0.2) is 5.96 Å². The van der Waals surface area contributed by atoms with Gasteiger partial charge in [-0.2, -0.15) is 4.31 Å². The van der Waals surface area contributed by atoms with Gasteiger partial charge in [0, 0.05) is 26.2 Å². The SMILES string of the molecule is CCNC(=NCc1ccc(C)c(F)c1)NCC1CCN(S(=O)(=O)c2ccccc2)CC1.I. The fourth-order valence-electron chi connectivity index (χ4n) is 3.58. The van der Waals surface area contributed by atoms with Crippen LogP contribution in [0.15, 0.2) is 58.4 Å². The summed E-state index contributed by atoms with van der Waals surface area (Å²) in [5.41, 5.74) is 1.44. The van der Waals surface area contributed by atoms with Gasteiger partial charge in [-0.3, -0.25) is 0 Å². The van der Waals surface area contributed by atoms with Crippen molar-refractivity contribution in [3.8, 4) is 0 Å². The maximum atomic E-state index is 13.7. The van der Waals surface area contributed by atoms with Crippen molar-refractivity contribution >= 4 is 40.0 Å². The number of nitrogens with one attached hydrogen (secondary N) is 2. The third-order valence-corrected chi connectivity index (χ3v) is 7.43. The molecule has 6 nitrogen and oxygen atoms in total. The molecular formula is C23H32FIN4O2S. The van der Waals surface area contributed by atoms with Crippen molar-refractivity contribution in [3.05, 3.63) is 65.5 Å². The monoisotopic (exact) mass is 574 g/mol. The molecule has 32 heavy (non-hydrogen) atoms. The number of benzene rings is 2. The number of sulfonamides is 1. The van der Waals surface area contributed by atoms with Crippen LogP contribution in [0.3, 0.4) is 0 Å². The Morgan fingerprint density at radius 1 is 1.12 bits per heavy atom. The highest BCUT2D eigenvalue weighted by Crippen LogP contribution is 2.23. The second-order valence-corrected chi connectivity index (χ2v) is 9.76. The van der Waals surface area contributed by atoms with Crippen LogP contribution in [-0.4, -0.2) is 44.9 Å². The smallest absolute Gasteiger partial charge is 0.243 e. The molecule has 0 aromatic heterocycles. The van der Waals surface area contributed by atoms with Gasteiger partial charge in [-0.25, -0.2) is 17.8 Å². The second-order valence-electron chi connectivity index (χ2n) is 7.82. The first-order valence-corrected chi connectivity index (χ1v) is 12.2. The Labute approximate surface area is 207 Å². The zero-order chi connectivity index (χ0) is 22.3. The van der Waals surface area contributed by atoms with Gasteiger partial charge in [-0.15, -0.1) is 24.0 Å². The van der Waals surface area contributed by atoms with Crippen LogP contribution in [-0.2, 0) is 16.6 Å². The van der Waals surface area contributed by atoms with Crippen molar-refractivity contribution in [2.45, 2.75) is 38.1 Å². The van der Waals surface area contributed by atoms with Gasteiger partial charge >= 0.3 is 0 Å². The zero-order valence-electron chi connectivity index (χ0n) is 18.6. The molecule has 0 unspecified atom stereocenters. The average Bonchev–Trinajstić information content (AvgIpc) is 2.79. The number of aryl methyl sites for hydroxylation is 1. The molecule has 0 bridgehead atoms. The predicted octanol–water partition coefficient (Wildman–Crippen LogP) is 3.91. The quantitative estimate of drug-likeness (QED) is 0.299. The molecule has 0 amide bonds. The van der Waals surface area contributed by atoms with Crippen molar-refractivity contribution in [2.75, 3.05) is 26.2 Å². The number of hydrogen-bond acceptors (Lipinski definition) is 3. The summed E-state index contributed by atoms with van der Waals surface area (Å²) in [6, 6.07) is 13.8. The molecule has 2 aromatic carbocycles. The molecule has 0 saturated carbocycles. The first-order chi connectivity index (χ1) is 14.9. The van der Waals surface area contributed by atoms with Gasteiger partial charge in [-0.1, -0.05) is 30.3 Å². The lowest BCUT2D eigenvalue weighted by Gasteiger charge is -2.31. The van der Waals surface area contributed by atoms with Crippen LogP contribution in [0, 0.1) is 18.7 Å². The first-order valence-electron chi connectivity index (χ1n) is 10.7. The summed E-state index contributed by atoms with van der Waals surface area (Å²) < 4.78 is 40.8. The van der Waals surface area contributed by atoms with E-state index in [4.69, 9.17) is 0 Å². The van der Waals surface area contributed by atoms with Gasteiger partial charge in [0.1, 0.15) is 5.82 Å². The summed E-state index contributed by atoms with van der Waals surface area (Å²) in [7, 11) is -3.43. The fourth-order valence-corrected chi connectivity index (χ4v) is 5.07. The van der Waals surface area contributed by atoms with Gasteiger partial charge in [0.05, 0.1) is 11.4 Å². The van der Waals surface area contributed by atoms with E-state index in [9.17, 15) is 12.8 Å². The Kier molecular flexibility index (Phi) is 10.4. The number of guanidine groups is 1. The van der Waals surface area contributed by atoms with E-state index in [0.717, 1.165) is 24.9 Å². The molecular weight excluding hydrogens is 542 g/mol. The summed E-state index contributed by atoms with van der Waals surface area (Å²) in [5.74, 6) is 0.827. The zero-order valence-corrected chi connectivity index (χ0v) is 21.7. The molecule has 1 heterocycles. The van der Waals surface area contributed by atoms with Gasteiger partial charge in [-0.05, 0) is 61.9 Å². The lowest BCUT2D eigenvalue weighted by Crippen LogP contribution is -2.44. The number of halogens is 2. The van der Waals surface area contributed by atoms with Crippen LogP contribution in [0.1, 0.15) is 30.9 Å². The molecule has 2 N–H and O–H groups in total. The Hall–Kier alpha value is -1.72. The minimum Gasteiger partial charge on any atom is -0.357 e. The number of nitrogens with zero attached hydrogens (tertiary/aromatic N) is 2. The minimum atomic E-state index is -3.43. The van der Waals surface area contributed by atoms with Crippen molar-refractivity contribution in [1.82, 2.24) is 14.9 Å². The largest absolute Gasteiger partial charge is 0.357 e. The van der Waals surface area contributed by atoms with Crippen LogP contribution in [0.25, 0.3) is 0 Å². The van der Waals surface area contributed by atoms with E-state index in [1.54, 1.807) is 41.6 Å². The predicted molar refractivity (Wildman–Crippen MR) is 137 cm³/mol. The van der Waals surface area contributed by atoms with Crippen LogP contribution in [0.2, 0.25) is 0 Å². The molecule has 3 rings (SSSR count). The number of rotatable bonds is 7. The first kappa shape index (κ1) is 26.5. The Morgan fingerprint density at radius 3 is 2.44 bits per heavy atom. The highest BCUT2D eigenvalue weighted by molar-refractivity contribution is 14.0. The van der Waals surface area contributed by atoms with E-state index < -0.39 is 10.0 Å². The van der Waals surface area contributed by atoms with E-state index >= 15 is 0 Å². The molecule has 176 valence electrons. The minimum absolute atomic E-state index is 0. The maximum Gasteiger partial charge on any atom is 0.243 e. The molecule has 1 saturated heterocycles. The maximum absolute atomic E-state index is 13.7. The molecule has 2 aromatic rings. The van der Waals surface area contributed by atoms with Gasteiger partial charge in [0.2, 0.25) is 10.0 Å². The highest BCUT2D eigenvalue weighted by atomic mass is 127. The third kappa shape index (κ3) is 7.14. The topological polar surface area (TPSA) is 73.8 Å². The Morgan fingerprint density at radius 2 is 1.81 bits per heavy atom. The van der Waals surface area contributed by atoms with E-state index in [2.05, 4.69) is 15.6 Å². The highest BCUT2D eigenvalue weighted by Gasteiger charge is 2.29. The Balaban J connectivity index is 0.00000363. The third-order valence-electron chi connectivity index (χ3n) is 5.51. The van der Waals surface area contributed by atoms with Crippen molar-refractivity contribution in [3.63, 3.8) is 0 Å². The number of hydrogen-bond donors (Lipinski definition) is 2. The van der Waals surface area contributed by atoms with Crippen LogP contribution in [0.5, 0.6) is 0 Å². The van der Waals surface area contributed by atoms with Gasteiger partial charge < -0.3 is 10.6 Å². The van der Waals surface area contributed by atoms with Crippen molar-refractivity contribution < 1.29 is 12.8 Å². The number of piperidine rings is 1. The summed E-state index contributed by atoms with van der Waals surface area (Å²) in [6.45, 7) is 6.59. The summed E-state index contributed by atoms with van der Waals surface area (Å²) in [5, 5.41) is 6.56. The van der Waals surface area contributed by atoms with Crippen LogP contribution >= 0.6 is 24.0 Å².